The number of nitrogens with zero attached hydrogens (tertiary/aromatic N) is 1. The molecule has 0 bridgehead atoms. The largest absolute Gasteiger partial charge is 0.337 e. The molecule has 4 nitrogen and oxygen atoms in total. The van der Waals surface area contributed by atoms with Crippen molar-refractivity contribution in [2.75, 3.05) is 4.90 Å². The lowest BCUT2D eigenvalue weighted by Gasteiger charge is -2.45. The first-order chi connectivity index (χ1) is 20.1. The first kappa shape index (κ1) is 25.0. The van der Waals surface area contributed by atoms with Gasteiger partial charge in [0.15, 0.2) is 5.54 Å². The second-order valence-corrected chi connectivity index (χ2v) is 10.9. The monoisotopic (exact) mass is 534 g/mol. The van der Waals surface area contributed by atoms with Crippen molar-refractivity contribution in [2.24, 2.45) is 5.92 Å². The average Bonchev–Trinajstić information content (AvgIpc) is 3.45. The molecule has 1 fully saturated rings. The SMILES string of the molecule is C[C@H]1C(=O)N[C@@]2(C(=O)N(C(c3ccccc3)(c3ccccc3)c3ccccc3)c3ccccc32)[C@H]1c1ccccc1. The Kier molecular flexibility index (Phi) is 5.86. The van der Waals surface area contributed by atoms with Gasteiger partial charge in [0.25, 0.3) is 5.91 Å². The smallest absolute Gasteiger partial charge is 0.259 e. The van der Waals surface area contributed by atoms with E-state index in [9.17, 15) is 4.79 Å². The van der Waals surface area contributed by atoms with E-state index in [2.05, 4.69) is 41.7 Å². The van der Waals surface area contributed by atoms with Gasteiger partial charge >= 0.3 is 0 Å². The number of carbonyl (C=O) groups excluding carboxylic acids is 2. The third-order valence-electron chi connectivity index (χ3n) is 8.88. The molecule has 1 spiro atoms. The number of para-hydroxylation sites is 1. The zero-order chi connectivity index (χ0) is 28.0. The van der Waals surface area contributed by atoms with Crippen LogP contribution in [0.2, 0.25) is 0 Å². The van der Waals surface area contributed by atoms with Crippen LogP contribution in [0.3, 0.4) is 0 Å². The highest BCUT2D eigenvalue weighted by atomic mass is 16.2. The van der Waals surface area contributed by atoms with Crippen LogP contribution in [-0.2, 0) is 20.7 Å². The highest BCUT2D eigenvalue weighted by Gasteiger charge is 2.66. The van der Waals surface area contributed by atoms with E-state index >= 15 is 4.79 Å². The molecule has 0 saturated carbocycles. The van der Waals surface area contributed by atoms with Crippen molar-refractivity contribution in [2.45, 2.75) is 23.9 Å². The number of anilines is 1. The molecule has 5 aromatic carbocycles. The Hall–Kier alpha value is -4.96. The first-order valence-corrected chi connectivity index (χ1v) is 14.1. The van der Waals surface area contributed by atoms with Crippen LogP contribution in [0, 0.1) is 5.92 Å². The topological polar surface area (TPSA) is 49.4 Å². The number of rotatable bonds is 5. The van der Waals surface area contributed by atoms with Crippen molar-refractivity contribution in [3.8, 4) is 0 Å². The zero-order valence-electron chi connectivity index (χ0n) is 22.8. The van der Waals surface area contributed by atoms with Gasteiger partial charge in [0, 0.05) is 17.4 Å². The highest BCUT2D eigenvalue weighted by molar-refractivity contribution is 6.14. The molecule has 0 unspecified atom stereocenters. The summed E-state index contributed by atoms with van der Waals surface area (Å²) in [5, 5.41) is 3.26. The minimum atomic E-state index is -1.25. The highest BCUT2D eigenvalue weighted by Crippen LogP contribution is 2.58. The molecule has 0 aliphatic carbocycles. The lowest BCUT2D eigenvalue weighted by Crippen LogP contribution is -2.57. The van der Waals surface area contributed by atoms with E-state index < -0.39 is 17.0 Å². The van der Waals surface area contributed by atoms with Crippen LogP contribution in [0.25, 0.3) is 0 Å². The van der Waals surface area contributed by atoms with Crippen LogP contribution < -0.4 is 10.2 Å². The zero-order valence-corrected chi connectivity index (χ0v) is 22.8. The molecular formula is C37H30N2O2. The number of amides is 2. The third-order valence-corrected chi connectivity index (χ3v) is 8.88. The van der Waals surface area contributed by atoms with E-state index in [1.54, 1.807) is 0 Å². The van der Waals surface area contributed by atoms with Crippen LogP contribution in [-0.4, -0.2) is 11.8 Å². The summed E-state index contributed by atoms with van der Waals surface area (Å²) < 4.78 is 0. The summed E-state index contributed by atoms with van der Waals surface area (Å²) in [6.07, 6.45) is 0. The van der Waals surface area contributed by atoms with Gasteiger partial charge in [-0.1, -0.05) is 146 Å². The molecule has 200 valence electrons. The molecule has 41 heavy (non-hydrogen) atoms. The van der Waals surface area contributed by atoms with Crippen molar-refractivity contribution < 1.29 is 9.59 Å². The van der Waals surface area contributed by atoms with Crippen LogP contribution in [0.4, 0.5) is 5.69 Å². The summed E-state index contributed by atoms with van der Waals surface area (Å²) in [5.41, 5.74) is 3.22. The Balaban J connectivity index is 1.59. The second-order valence-electron chi connectivity index (χ2n) is 10.9. The fourth-order valence-corrected chi connectivity index (χ4v) is 7.19. The summed E-state index contributed by atoms with van der Waals surface area (Å²) in [6.45, 7) is 1.93. The number of carbonyl (C=O) groups is 2. The Bertz CT molecular complexity index is 1620. The Morgan fingerprint density at radius 3 is 1.56 bits per heavy atom. The van der Waals surface area contributed by atoms with E-state index in [0.29, 0.717) is 0 Å². The van der Waals surface area contributed by atoms with Gasteiger partial charge in [0.05, 0.1) is 5.69 Å². The summed E-state index contributed by atoms with van der Waals surface area (Å²) in [7, 11) is 0. The Labute approximate surface area is 240 Å². The van der Waals surface area contributed by atoms with Gasteiger partial charge in [-0.3, -0.25) is 14.5 Å². The Morgan fingerprint density at radius 2 is 1.05 bits per heavy atom. The molecule has 4 heteroatoms. The predicted molar refractivity (Wildman–Crippen MR) is 161 cm³/mol. The van der Waals surface area contributed by atoms with Crippen LogP contribution in [0.5, 0.6) is 0 Å². The van der Waals surface area contributed by atoms with E-state index in [-0.39, 0.29) is 17.7 Å². The summed E-state index contributed by atoms with van der Waals surface area (Å²) >= 11 is 0. The molecular weight excluding hydrogens is 504 g/mol. The fraction of sp³-hybridized carbons (Fsp3) is 0.135. The van der Waals surface area contributed by atoms with Crippen LogP contribution >= 0.6 is 0 Å². The number of fused-ring (bicyclic) bond motifs is 2. The summed E-state index contributed by atoms with van der Waals surface area (Å²) in [6, 6.07) is 48.6. The molecule has 5 aromatic rings. The molecule has 2 heterocycles. The van der Waals surface area contributed by atoms with Gasteiger partial charge in [-0.05, 0) is 28.3 Å². The molecule has 0 radical (unpaired) electrons. The van der Waals surface area contributed by atoms with E-state index in [0.717, 1.165) is 33.5 Å². The third kappa shape index (κ3) is 3.47. The number of hydrogen-bond acceptors (Lipinski definition) is 2. The first-order valence-electron chi connectivity index (χ1n) is 14.1. The lowest BCUT2D eigenvalue weighted by atomic mass is 9.72. The van der Waals surface area contributed by atoms with Crippen molar-refractivity contribution in [3.63, 3.8) is 0 Å². The fourth-order valence-electron chi connectivity index (χ4n) is 7.19. The summed E-state index contributed by atoms with van der Waals surface area (Å²) in [5.74, 6) is -1.03. The standard InChI is InChI=1S/C37H30N2O2/c1-26-33(27-16-6-2-7-17-27)36(38-34(26)40)31-24-14-15-25-32(31)39(35(36)41)37(28-18-8-3-9-19-28,29-20-10-4-11-21-29)30-22-12-5-13-23-30/h2-26,33H,1H3,(H,38,40)/t26-,33-,36-/m1/s1. The number of nitrogens with one attached hydrogen (secondary N) is 1. The van der Waals surface area contributed by atoms with Gasteiger partial charge in [-0.25, -0.2) is 0 Å². The normalized spacial score (nSPS) is 21.6. The molecule has 2 amide bonds. The molecule has 7 rings (SSSR count). The van der Waals surface area contributed by atoms with Gasteiger partial charge in [-0.15, -0.1) is 0 Å². The van der Waals surface area contributed by atoms with E-state index in [1.165, 1.54) is 0 Å². The second kappa shape index (κ2) is 9.60. The lowest BCUT2D eigenvalue weighted by molar-refractivity contribution is -0.128. The maximum absolute atomic E-state index is 15.5. The molecule has 1 saturated heterocycles. The average molecular weight is 535 g/mol. The number of benzene rings is 5. The minimum Gasteiger partial charge on any atom is -0.337 e. The molecule has 0 aromatic heterocycles. The molecule has 2 aliphatic heterocycles. The van der Waals surface area contributed by atoms with Crippen LogP contribution in [0.15, 0.2) is 146 Å². The maximum Gasteiger partial charge on any atom is 0.259 e. The van der Waals surface area contributed by atoms with Gasteiger partial charge in [-0.2, -0.15) is 0 Å². The maximum atomic E-state index is 15.5. The van der Waals surface area contributed by atoms with Gasteiger partial charge < -0.3 is 5.32 Å². The predicted octanol–water partition coefficient (Wildman–Crippen LogP) is 6.77. The Morgan fingerprint density at radius 1 is 0.610 bits per heavy atom. The molecule has 1 N–H and O–H groups in total. The summed E-state index contributed by atoms with van der Waals surface area (Å²) in [4.78, 5) is 31.1. The van der Waals surface area contributed by atoms with Crippen molar-refractivity contribution in [1.82, 2.24) is 5.32 Å². The van der Waals surface area contributed by atoms with Gasteiger partial charge in [0.2, 0.25) is 5.91 Å². The van der Waals surface area contributed by atoms with Crippen LogP contribution in [0.1, 0.15) is 40.7 Å². The van der Waals surface area contributed by atoms with E-state index in [1.807, 2.05) is 121 Å². The van der Waals surface area contributed by atoms with Crippen molar-refractivity contribution >= 4 is 17.5 Å². The molecule has 3 atom stereocenters. The minimum absolute atomic E-state index is 0.117. The molecule has 2 aliphatic rings. The quantitative estimate of drug-likeness (QED) is 0.253. The van der Waals surface area contributed by atoms with Crippen molar-refractivity contribution in [1.29, 1.82) is 0 Å². The van der Waals surface area contributed by atoms with Crippen molar-refractivity contribution in [3.05, 3.63) is 173 Å². The number of hydrogen-bond donors (Lipinski definition) is 1. The van der Waals surface area contributed by atoms with Gasteiger partial charge in [0.1, 0.15) is 5.54 Å². The van der Waals surface area contributed by atoms with E-state index in [4.69, 9.17) is 0 Å².